The van der Waals surface area contributed by atoms with E-state index in [2.05, 4.69) is 0 Å². The van der Waals surface area contributed by atoms with Crippen LogP contribution >= 0.6 is 0 Å². The zero-order valence-corrected chi connectivity index (χ0v) is 10.0. The molecule has 0 aliphatic carbocycles. The van der Waals surface area contributed by atoms with Crippen molar-refractivity contribution in [1.82, 2.24) is 0 Å². The number of benzene rings is 2. The molecule has 18 heavy (non-hydrogen) atoms. The summed E-state index contributed by atoms with van der Waals surface area (Å²) in [6.45, 7) is 0.489. The maximum Gasteiger partial charge on any atom is 0.176 e. The van der Waals surface area contributed by atoms with Crippen molar-refractivity contribution in [2.45, 2.75) is 12.0 Å². The molecule has 1 heterocycles. The standard InChI is InChI=1S/C16H14O2/c17-15-11-12-18-16(15,13-7-3-1-4-8-13)14-9-5-2-6-10-14/h1-10H,11-12H2. The fraction of sp³-hybridized carbons (Fsp3) is 0.188. The van der Waals surface area contributed by atoms with Crippen LogP contribution in [0.3, 0.4) is 0 Å². The van der Waals surface area contributed by atoms with Gasteiger partial charge in [-0.3, -0.25) is 4.79 Å². The number of ether oxygens (including phenoxy) is 1. The van der Waals surface area contributed by atoms with E-state index in [1.54, 1.807) is 0 Å². The molecule has 0 unspecified atom stereocenters. The summed E-state index contributed by atoms with van der Waals surface area (Å²) in [5, 5.41) is 0. The summed E-state index contributed by atoms with van der Waals surface area (Å²) in [5.74, 6) is 0.139. The van der Waals surface area contributed by atoms with Crippen molar-refractivity contribution in [2.75, 3.05) is 6.61 Å². The fourth-order valence-electron chi connectivity index (χ4n) is 2.55. The molecular weight excluding hydrogens is 224 g/mol. The second kappa shape index (κ2) is 4.39. The summed E-state index contributed by atoms with van der Waals surface area (Å²) >= 11 is 0. The van der Waals surface area contributed by atoms with E-state index in [4.69, 9.17) is 4.74 Å². The second-order valence-electron chi connectivity index (χ2n) is 4.43. The third-order valence-electron chi connectivity index (χ3n) is 3.40. The first-order valence-corrected chi connectivity index (χ1v) is 6.12. The molecule has 2 nitrogen and oxygen atoms in total. The van der Waals surface area contributed by atoms with Gasteiger partial charge in [0.25, 0.3) is 0 Å². The van der Waals surface area contributed by atoms with Crippen LogP contribution in [0.25, 0.3) is 0 Å². The Kier molecular flexibility index (Phi) is 2.73. The minimum absolute atomic E-state index is 0.139. The molecule has 2 heteroatoms. The highest BCUT2D eigenvalue weighted by atomic mass is 16.5. The van der Waals surface area contributed by atoms with E-state index in [0.29, 0.717) is 13.0 Å². The summed E-state index contributed by atoms with van der Waals surface area (Å²) < 4.78 is 5.88. The molecule has 0 bridgehead atoms. The average molecular weight is 238 g/mol. The number of carbonyl (C=O) groups is 1. The Labute approximate surface area is 106 Å². The molecule has 1 saturated heterocycles. The van der Waals surface area contributed by atoms with Crippen LogP contribution in [-0.2, 0) is 15.1 Å². The van der Waals surface area contributed by atoms with Crippen LogP contribution in [0.15, 0.2) is 60.7 Å². The topological polar surface area (TPSA) is 26.3 Å². The second-order valence-corrected chi connectivity index (χ2v) is 4.43. The monoisotopic (exact) mass is 238 g/mol. The van der Waals surface area contributed by atoms with Crippen molar-refractivity contribution in [3.05, 3.63) is 71.8 Å². The normalized spacial score (nSPS) is 17.9. The fourth-order valence-corrected chi connectivity index (χ4v) is 2.55. The lowest BCUT2D eigenvalue weighted by molar-refractivity contribution is -0.128. The van der Waals surface area contributed by atoms with Gasteiger partial charge in [-0.15, -0.1) is 0 Å². The van der Waals surface area contributed by atoms with Crippen molar-refractivity contribution in [2.24, 2.45) is 0 Å². The maximum atomic E-state index is 12.4. The van der Waals surface area contributed by atoms with E-state index < -0.39 is 5.60 Å². The zero-order valence-electron chi connectivity index (χ0n) is 10.0. The van der Waals surface area contributed by atoms with Gasteiger partial charge < -0.3 is 4.74 Å². The molecule has 1 aliphatic heterocycles. The number of hydrogen-bond acceptors (Lipinski definition) is 2. The molecule has 0 atom stereocenters. The number of Topliss-reactive ketones (excluding diaryl/α,β-unsaturated/α-hetero) is 1. The maximum absolute atomic E-state index is 12.4. The highest BCUT2D eigenvalue weighted by molar-refractivity contribution is 5.93. The molecule has 2 aromatic carbocycles. The van der Waals surface area contributed by atoms with Gasteiger partial charge in [0.2, 0.25) is 0 Å². The first-order valence-electron chi connectivity index (χ1n) is 6.12. The number of ketones is 1. The highest BCUT2D eigenvalue weighted by Crippen LogP contribution is 2.39. The molecule has 0 saturated carbocycles. The Balaban J connectivity index is 2.20. The molecular formula is C16H14O2. The van der Waals surface area contributed by atoms with Crippen LogP contribution in [0.2, 0.25) is 0 Å². The quantitative estimate of drug-likeness (QED) is 0.804. The SMILES string of the molecule is O=C1CCOC1(c1ccccc1)c1ccccc1. The third kappa shape index (κ3) is 1.57. The van der Waals surface area contributed by atoms with Crippen molar-refractivity contribution < 1.29 is 9.53 Å². The Morgan fingerprint density at radius 2 is 1.33 bits per heavy atom. The Morgan fingerprint density at radius 1 is 0.833 bits per heavy atom. The largest absolute Gasteiger partial charge is 0.357 e. The van der Waals surface area contributed by atoms with Crippen LogP contribution in [0.4, 0.5) is 0 Å². The van der Waals surface area contributed by atoms with Crippen LogP contribution < -0.4 is 0 Å². The third-order valence-corrected chi connectivity index (χ3v) is 3.40. The van der Waals surface area contributed by atoms with Crippen LogP contribution in [0, 0.1) is 0 Å². The van der Waals surface area contributed by atoms with Gasteiger partial charge in [-0.25, -0.2) is 0 Å². The van der Waals surface area contributed by atoms with Gasteiger partial charge in [0.1, 0.15) is 0 Å². The van der Waals surface area contributed by atoms with Crippen molar-refractivity contribution in [3.63, 3.8) is 0 Å². The number of rotatable bonds is 2. The lowest BCUT2D eigenvalue weighted by atomic mass is 9.83. The molecule has 1 aliphatic rings. The smallest absolute Gasteiger partial charge is 0.176 e. The molecule has 0 N–H and O–H groups in total. The minimum atomic E-state index is -0.900. The van der Waals surface area contributed by atoms with Gasteiger partial charge in [0.15, 0.2) is 11.4 Å². The van der Waals surface area contributed by atoms with E-state index in [9.17, 15) is 4.79 Å². The number of hydrogen-bond donors (Lipinski definition) is 0. The number of carbonyl (C=O) groups excluding carboxylic acids is 1. The van der Waals surface area contributed by atoms with Gasteiger partial charge in [0.05, 0.1) is 6.61 Å². The molecule has 1 fully saturated rings. The van der Waals surface area contributed by atoms with Crippen LogP contribution in [0.1, 0.15) is 17.5 Å². The van der Waals surface area contributed by atoms with Gasteiger partial charge >= 0.3 is 0 Å². The molecule has 3 rings (SSSR count). The van der Waals surface area contributed by atoms with Crippen molar-refractivity contribution in [3.8, 4) is 0 Å². The van der Waals surface area contributed by atoms with E-state index in [1.165, 1.54) is 0 Å². The van der Waals surface area contributed by atoms with Crippen LogP contribution in [0.5, 0.6) is 0 Å². The average Bonchev–Trinajstić information content (AvgIpc) is 2.84. The molecule has 0 radical (unpaired) electrons. The van der Waals surface area contributed by atoms with E-state index in [0.717, 1.165) is 11.1 Å². The van der Waals surface area contributed by atoms with E-state index in [-0.39, 0.29) is 5.78 Å². The van der Waals surface area contributed by atoms with E-state index >= 15 is 0 Å². The molecule has 0 amide bonds. The molecule has 0 aromatic heterocycles. The van der Waals surface area contributed by atoms with Gasteiger partial charge in [-0.2, -0.15) is 0 Å². The highest BCUT2D eigenvalue weighted by Gasteiger charge is 2.46. The van der Waals surface area contributed by atoms with Crippen LogP contribution in [-0.4, -0.2) is 12.4 Å². The zero-order chi connectivity index (χ0) is 12.4. The minimum Gasteiger partial charge on any atom is -0.357 e. The summed E-state index contributed by atoms with van der Waals surface area (Å²) in [5.41, 5.74) is 0.931. The molecule has 90 valence electrons. The lowest BCUT2D eigenvalue weighted by Gasteiger charge is -2.27. The predicted octanol–water partition coefficient (Wildman–Crippen LogP) is 2.92. The van der Waals surface area contributed by atoms with Gasteiger partial charge in [0, 0.05) is 6.42 Å². The summed E-state index contributed by atoms with van der Waals surface area (Å²) in [6.07, 6.45) is 0.476. The van der Waals surface area contributed by atoms with Gasteiger partial charge in [-0.05, 0) is 11.1 Å². The summed E-state index contributed by atoms with van der Waals surface area (Å²) in [6, 6.07) is 19.5. The summed E-state index contributed by atoms with van der Waals surface area (Å²) in [7, 11) is 0. The first kappa shape index (κ1) is 11.2. The van der Waals surface area contributed by atoms with Crippen molar-refractivity contribution >= 4 is 5.78 Å². The Morgan fingerprint density at radius 3 is 1.72 bits per heavy atom. The first-order chi connectivity index (χ1) is 8.84. The lowest BCUT2D eigenvalue weighted by Crippen LogP contribution is -2.34. The Hall–Kier alpha value is -1.93. The Bertz CT molecular complexity index is 506. The molecule has 0 spiro atoms. The molecule has 2 aromatic rings. The van der Waals surface area contributed by atoms with E-state index in [1.807, 2.05) is 60.7 Å². The predicted molar refractivity (Wildman–Crippen MR) is 69.2 cm³/mol. The van der Waals surface area contributed by atoms with Gasteiger partial charge in [-0.1, -0.05) is 60.7 Å². The summed E-state index contributed by atoms with van der Waals surface area (Å²) in [4.78, 5) is 12.4. The van der Waals surface area contributed by atoms with Crippen molar-refractivity contribution in [1.29, 1.82) is 0 Å².